The maximum absolute atomic E-state index is 12.5. The van der Waals surface area contributed by atoms with Crippen molar-refractivity contribution < 1.29 is 28.2 Å². The molecule has 126 valence electrons. The number of aryl methyl sites for hydroxylation is 1. The number of carboxylic acid groups (broad SMARTS) is 2. The molecule has 8 heteroatoms. The number of anilines is 1. The second-order valence-electron chi connectivity index (χ2n) is 5.17. The predicted molar refractivity (Wildman–Crippen MR) is 81.8 cm³/mol. The van der Waals surface area contributed by atoms with Crippen LogP contribution in [0.5, 0.6) is 0 Å². The molecule has 0 amide bonds. The summed E-state index contributed by atoms with van der Waals surface area (Å²) in [6.45, 7) is 3.15. The van der Waals surface area contributed by atoms with Crippen LogP contribution in [0.1, 0.15) is 31.8 Å². The number of nitrogens with one attached hydrogen (secondary N) is 1. The van der Waals surface area contributed by atoms with E-state index in [2.05, 4.69) is 4.72 Å². The first-order chi connectivity index (χ1) is 11.1. The third-order valence-electron chi connectivity index (χ3n) is 3.52. The van der Waals surface area contributed by atoms with E-state index in [9.17, 15) is 28.2 Å². The number of carbonyl (C=O) groups is 2. The number of hydrogen-bond donors (Lipinski definition) is 1. The van der Waals surface area contributed by atoms with E-state index >= 15 is 0 Å². The summed E-state index contributed by atoms with van der Waals surface area (Å²) < 4.78 is 27.3. The van der Waals surface area contributed by atoms with Gasteiger partial charge in [-0.15, -0.1) is 0 Å². The number of carbonyl (C=O) groups excluding carboxylic acids is 2. The average Bonchev–Trinajstić information content (AvgIpc) is 2.49. The van der Waals surface area contributed by atoms with Crippen LogP contribution >= 0.6 is 0 Å². The zero-order valence-corrected chi connectivity index (χ0v) is 13.6. The van der Waals surface area contributed by atoms with Gasteiger partial charge in [0.25, 0.3) is 10.0 Å². The van der Waals surface area contributed by atoms with E-state index in [0.717, 1.165) is 6.07 Å². The van der Waals surface area contributed by atoms with Crippen LogP contribution < -0.4 is 14.9 Å². The van der Waals surface area contributed by atoms with Gasteiger partial charge in [-0.1, -0.05) is 12.1 Å². The molecule has 7 nitrogen and oxygen atoms in total. The number of carboxylic acids is 2. The van der Waals surface area contributed by atoms with Gasteiger partial charge in [-0.3, -0.25) is 4.72 Å². The van der Waals surface area contributed by atoms with Gasteiger partial charge in [-0.25, -0.2) is 8.42 Å². The van der Waals surface area contributed by atoms with E-state index in [0.29, 0.717) is 11.1 Å². The van der Waals surface area contributed by atoms with Crippen molar-refractivity contribution in [2.24, 2.45) is 0 Å². The maximum Gasteiger partial charge on any atom is 0.262 e. The highest BCUT2D eigenvalue weighted by Crippen LogP contribution is 2.23. The van der Waals surface area contributed by atoms with E-state index in [-0.39, 0.29) is 21.7 Å². The summed E-state index contributed by atoms with van der Waals surface area (Å²) in [6.07, 6.45) is 0. The molecule has 0 fully saturated rings. The Labute approximate surface area is 138 Å². The van der Waals surface area contributed by atoms with Gasteiger partial charge in [0.2, 0.25) is 0 Å². The lowest BCUT2D eigenvalue weighted by Crippen LogP contribution is -2.24. The molecule has 0 saturated carbocycles. The third kappa shape index (κ3) is 3.54. The highest BCUT2D eigenvalue weighted by atomic mass is 32.2. The second kappa shape index (κ2) is 6.32. The zero-order valence-electron chi connectivity index (χ0n) is 12.8. The molecule has 24 heavy (non-hydrogen) atoms. The predicted octanol–water partition coefficient (Wildman–Crippen LogP) is -0.169. The van der Waals surface area contributed by atoms with Crippen molar-refractivity contribution in [3.8, 4) is 0 Å². The summed E-state index contributed by atoms with van der Waals surface area (Å²) in [4.78, 5) is 21.5. The highest BCUT2D eigenvalue weighted by molar-refractivity contribution is 7.92. The topological polar surface area (TPSA) is 126 Å². The first kappa shape index (κ1) is 17.5. The Kier molecular flexibility index (Phi) is 4.61. The van der Waals surface area contributed by atoms with E-state index in [1.54, 1.807) is 13.8 Å². The summed E-state index contributed by atoms with van der Waals surface area (Å²) in [5.41, 5.74) is 0.689. The molecule has 2 aromatic rings. The van der Waals surface area contributed by atoms with E-state index < -0.39 is 22.0 Å². The summed E-state index contributed by atoms with van der Waals surface area (Å²) in [5, 5.41) is 21.7. The van der Waals surface area contributed by atoms with Crippen molar-refractivity contribution in [2.45, 2.75) is 18.7 Å². The average molecular weight is 347 g/mol. The first-order valence-electron chi connectivity index (χ1n) is 6.78. The molecular weight excluding hydrogens is 334 g/mol. The van der Waals surface area contributed by atoms with E-state index in [1.165, 1.54) is 30.3 Å². The van der Waals surface area contributed by atoms with Crippen molar-refractivity contribution in [3.05, 3.63) is 58.7 Å². The van der Waals surface area contributed by atoms with Gasteiger partial charge in [0.15, 0.2) is 0 Å². The van der Waals surface area contributed by atoms with Gasteiger partial charge in [0, 0.05) is 5.69 Å². The maximum atomic E-state index is 12.5. The van der Waals surface area contributed by atoms with Gasteiger partial charge in [0.1, 0.15) is 0 Å². The van der Waals surface area contributed by atoms with Crippen molar-refractivity contribution in [1.82, 2.24) is 0 Å². The lowest BCUT2D eigenvalue weighted by atomic mass is 10.1. The molecular formula is C16H13NO6S-2. The van der Waals surface area contributed by atoms with Gasteiger partial charge in [0.05, 0.1) is 16.8 Å². The minimum absolute atomic E-state index is 0.0936. The normalized spacial score (nSPS) is 11.1. The van der Waals surface area contributed by atoms with Crippen LogP contribution in [0.15, 0.2) is 41.3 Å². The molecule has 0 unspecified atom stereocenters. The van der Waals surface area contributed by atoms with Crippen LogP contribution in [-0.2, 0) is 10.0 Å². The van der Waals surface area contributed by atoms with Crippen molar-refractivity contribution >= 4 is 27.6 Å². The smallest absolute Gasteiger partial charge is 0.262 e. The SMILES string of the molecule is Cc1cc(C(=O)[O-])cc(S(=O)(=O)Nc2ccc(C(=O)[O-])cc2)c1C. The molecule has 0 spiro atoms. The van der Waals surface area contributed by atoms with Crippen LogP contribution in [0.2, 0.25) is 0 Å². The Hall–Kier alpha value is -2.87. The number of aromatic carboxylic acids is 2. The fourth-order valence-electron chi connectivity index (χ4n) is 2.11. The van der Waals surface area contributed by atoms with Crippen LogP contribution in [0, 0.1) is 13.8 Å². The standard InChI is InChI=1S/C16H15NO6S/c1-9-7-12(16(20)21)8-14(10(9)2)24(22,23)17-13-5-3-11(4-6-13)15(18)19/h3-8,17H,1-2H3,(H,18,19)(H,20,21)/p-2. The molecule has 2 rings (SSSR count). The van der Waals surface area contributed by atoms with E-state index in [4.69, 9.17) is 0 Å². The molecule has 2 aromatic carbocycles. The van der Waals surface area contributed by atoms with Gasteiger partial charge in [-0.05, 0) is 60.4 Å². The number of hydrogen-bond acceptors (Lipinski definition) is 6. The molecule has 1 N–H and O–H groups in total. The van der Waals surface area contributed by atoms with Gasteiger partial charge >= 0.3 is 0 Å². The van der Waals surface area contributed by atoms with Gasteiger partial charge < -0.3 is 19.8 Å². The highest BCUT2D eigenvalue weighted by Gasteiger charge is 2.19. The lowest BCUT2D eigenvalue weighted by Gasteiger charge is -2.15. The fraction of sp³-hybridized carbons (Fsp3) is 0.125. The van der Waals surface area contributed by atoms with Crippen LogP contribution in [0.4, 0.5) is 5.69 Å². The Morgan fingerprint density at radius 1 is 0.917 bits per heavy atom. The summed E-state index contributed by atoms with van der Waals surface area (Å²) in [6, 6.07) is 7.29. The van der Waals surface area contributed by atoms with E-state index in [1.807, 2.05) is 0 Å². The minimum Gasteiger partial charge on any atom is -0.545 e. The number of sulfonamides is 1. The Bertz CT molecular complexity index is 916. The lowest BCUT2D eigenvalue weighted by molar-refractivity contribution is -0.256. The molecule has 0 radical (unpaired) electrons. The molecule has 0 aliphatic heterocycles. The fourth-order valence-corrected chi connectivity index (χ4v) is 3.51. The quantitative estimate of drug-likeness (QED) is 0.800. The van der Waals surface area contributed by atoms with Gasteiger partial charge in [-0.2, -0.15) is 0 Å². The summed E-state index contributed by atoms with van der Waals surface area (Å²) in [7, 11) is -4.06. The van der Waals surface area contributed by atoms with Crippen LogP contribution in [-0.4, -0.2) is 20.4 Å². The van der Waals surface area contributed by atoms with Crippen LogP contribution in [0.25, 0.3) is 0 Å². The molecule has 0 saturated heterocycles. The monoisotopic (exact) mass is 347 g/mol. The molecule has 0 aliphatic rings. The third-order valence-corrected chi connectivity index (χ3v) is 5.03. The molecule has 0 aromatic heterocycles. The first-order valence-corrected chi connectivity index (χ1v) is 8.27. The molecule has 0 aliphatic carbocycles. The number of rotatable bonds is 5. The summed E-state index contributed by atoms with van der Waals surface area (Å²) in [5.74, 6) is -2.86. The second-order valence-corrected chi connectivity index (χ2v) is 6.82. The Balaban J connectivity index is 2.43. The molecule has 0 bridgehead atoms. The molecule has 0 heterocycles. The Morgan fingerprint density at radius 3 is 1.96 bits per heavy atom. The minimum atomic E-state index is -4.06. The molecule has 0 atom stereocenters. The zero-order chi connectivity index (χ0) is 18.1. The van der Waals surface area contributed by atoms with Crippen molar-refractivity contribution in [2.75, 3.05) is 4.72 Å². The van der Waals surface area contributed by atoms with Crippen molar-refractivity contribution in [3.63, 3.8) is 0 Å². The Morgan fingerprint density at radius 2 is 1.46 bits per heavy atom. The van der Waals surface area contributed by atoms with Crippen LogP contribution in [0.3, 0.4) is 0 Å². The number of benzene rings is 2. The largest absolute Gasteiger partial charge is 0.545 e. The summed E-state index contributed by atoms with van der Waals surface area (Å²) >= 11 is 0. The van der Waals surface area contributed by atoms with Crippen molar-refractivity contribution in [1.29, 1.82) is 0 Å².